The third kappa shape index (κ3) is 8.67. The molecular formula is C28H28F9N3O6. The van der Waals surface area contributed by atoms with E-state index in [2.05, 4.69) is 0 Å². The summed E-state index contributed by atoms with van der Waals surface area (Å²) in [6.07, 6.45) is -16.4. The van der Waals surface area contributed by atoms with Gasteiger partial charge in [-0.25, -0.2) is 0 Å². The number of alkyl halides is 9. The van der Waals surface area contributed by atoms with E-state index in [1.165, 1.54) is 50.5 Å². The minimum Gasteiger partial charge on any atom is -0.497 e. The Labute approximate surface area is 255 Å². The fourth-order valence-corrected chi connectivity index (χ4v) is 4.02. The van der Waals surface area contributed by atoms with Crippen LogP contribution in [0, 0.1) is 5.92 Å². The fourth-order valence-electron chi connectivity index (χ4n) is 4.02. The van der Waals surface area contributed by atoms with Gasteiger partial charge in [0, 0.05) is 5.56 Å². The Kier molecular flexibility index (Phi) is 11.5. The van der Waals surface area contributed by atoms with Gasteiger partial charge < -0.3 is 25.8 Å². The summed E-state index contributed by atoms with van der Waals surface area (Å²) < 4.78 is 126. The molecule has 0 radical (unpaired) electrons. The Bertz CT molecular complexity index is 1430. The van der Waals surface area contributed by atoms with E-state index in [9.17, 15) is 63.8 Å². The lowest BCUT2D eigenvalue weighted by Gasteiger charge is -2.31. The van der Waals surface area contributed by atoms with Crippen molar-refractivity contribution in [3.8, 4) is 5.75 Å². The van der Waals surface area contributed by atoms with Crippen molar-refractivity contribution in [2.24, 2.45) is 5.92 Å². The highest BCUT2D eigenvalue weighted by Crippen LogP contribution is 2.41. The minimum absolute atomic E-state index is 0.102. The van der Waals surface area contributed by atoms with Gasteiger partial charge in [0.1, 0.15) is 17.8 Å². The number of benzene rings is 2. The third-order valence-electron chi connectivity index (χ3n) is 6.61. The predicted octanol–water partition coefficient (Wildman–Crippen LogP) is 4.10. The molecule has 2 aromatic carbocycles. The molecule has 254 valence electrons. The normalized spacial score (nSPS) is 15.6. The van der Waals surface area contributed by atoms with Crippen molar-refractivity contribution >= 4 is 23.5 Å². The molecule has 2 aromatic rings. The van der Waals surface area contributed by atoms with E-state index >= 15 is 0 Å². The largest absolute Gasteiger partial charge is 0.497 e. The van der Waals surface area contributed by atoms with Crippen LogP contribution in [0.4, 0.5) is 39.5 Å². The van der Waals surface area contributed by atoms with E-state index < -0.39 is 82.8 Å². The van der Waals surface area contributed by atoms with Crippen LogP contribution >= 0.6 is 0 Å². The molecule has 0 spiro atoms. The maximum atomic E-state index is 14.0. The molecule has 4 N–H and O–H groups in total. The Morgan fingerprint density at radius 2 is 1.30 bits per heavy atom. The van der Waals surface area contributed by atoms with Crippen LogP contribution in [-0.2, 0) is 31.0 Å². The van der Waals surface area contributed by atoms with Crippen molar-refractivity contribution in [2.45, 2.75) is 63.0 Å². The van der Waals surface area contributed by atoms with E-state index in [0.29, 0.717) is 18.2 Å². The zero-order chi connectivity index (χ0) is 35.4. The second-order valence-electron chi connectivity index (χ2n) is 10.3. The number of aliphatic hydroxyl groups is 1. The summed E-state index contributed by atoms with van der Waals surface area (Å²) in [5, 5.41) is 15.9. The number of Topliss-reactive ketones (excluding diaryl/α,β-unsaturated/α-hetero) is 1. The van der Waals surface area contributed by atoms with Gasteiger partial charge in [-0.3, -0.25) is 19.2 Å². The highest BCUT2D eigenvalue weighted by Gasteiger charge is 2.61. The van der Waals surface area contributed by atoms with Crippen molar-refractivity contribution in [2.75, 3.05) is 7.11 Å². The lowest BCUT2D eigenvalue weighted by atomic mass is 9.90. The van der Waals surface area contributed by atoms with E-state index in [4.69, 9.17) is 4.74 Å². The monoisotopic (exact) mass is 673 g/mol. The average Bonchev–Trinajstić information content (AvgIpc) is 2.95. The molecule has 18 heteroatoms. The number of ether oxygens (including phenoxy) is 1. The number of amides is 3. The van der Waals surface area contributed by atoms with Crippen LogP contribution in [0.3, 0.4) is 0 Å². The number of hydrogen-bond donors (Lipinski definition) is 4. The zero-order valence-corrected chi connectivity index (χ0v) is 24.3. The molecule has 1 unspecified atom stereocenters. The molecule has 0 fully saturated rings. The van der Waals surface area contributed by atoms with Crippen LogP contribution in [0.5, 0.6) is 5.75 Å². The highest BCUT2D eigenvalue weighted by atomic mass is 19.4. The van der Waals surface area contributed by atoms with Gasteiger partial charge in [-0.1, -0.05) is 38.1 Å². The second kappa shape index (κ2) is 14.0. The molecule has 3 amide bonds. The number of rotatable bonds is 11. The summed E-state index contributed by atoms with van der Waals surface area (Å²) in [7, 11) is 1.28. The molecule has 0 saturated carbocycles. The van der Waals surface area contributed by atoms with Gasteiger partial charge in [-0.05, 0) is 42.7 Å². The number of carbonyl (C=O) groups is 4. The molecule has 2 rings (SSSR count). The molecular weight excluding hydrogens is 645 g/mol. The lowest BCUT2D eigenvalue weighted by Crippen LogP contribution is -2.59. The standard InChI is InChI=1S/C28H28F9N3O6/c1-13(2)19(21(41)27(32,33)34)39-23(43)20(15-8-10-18(46-4)11-9-15)40-22(42)14(3)38-24(44)25(45,28(35,36)37)16-6-5-7-17(12-16)26(29,30)31/h5-14,19-20,45H,1-4H3,(H,38,44)(H,39,43)(H,40,42)/t14-,19-,20-,25?/m0/s1. The Balaban J connectivity index is 2.43. The number of methoxy groups -OCH3 is 1. The van der Waals surface area contributed by atoms with Crippen molar-refractivity contribution < 1.29 is 68.5 Å². The Hall–Kier alpha value is -4.35. The van der Waals surface area contributed by atoms with Crippen LogP contribution in [0.2, 0.25) is 0 Å². The molecule has 0 aliphatic carbocycles. The van der Waals surface area contributed by atoms with Crippen molar-refractivity contribution in [3.63, 3.8) is 0 Å². The molecule has 0 aliphatic rings. The first kappa shape index (κ1) is 37.8. The first-order valence-corrected chi connectivity index (χ1v) is 13.1. The van der Waals surface area contributed by atoms with Crippen LogP contribution in [-0.4, -0.2) is 60.2 Å². The molecule has 0 heterocycles. The van der Waals surface area contributed by atoms with E-state index in [-0.39, 0.29) is 17.4 Å². The Morgan fingerprint density at radius 1 is 0.761 bits per heavy atom. The number of hydrogen-bond acceptors (Lipinski definition) is 6. The SMILES string of the molecule is COc1ccc([C@H](NC(=O)[C@H](C)NC(=O)C(O)(c2cccc(C(F)(F)F)c2)C(F)(F)F)C(=O)N[C@H](C(=O)C(F)(F)F)C(C)C)cc1. The third-order valence-corrected chi connectivity index (χ3v) is 6.61. The summed E-state index contributed by atoms with van der Waals surface area (Å²) >= 11 is 0. The predicted molar refractivity (Wildman–Crippen MR) is 141 cm³/mol. The van der Waals surface area contributed by atoms with Gasteiger partial charge in [0.05, 0.1) is 18.7 Å². The molecule has 0 aromatic heterocycles. The van der Waals surface area contributed by atoms with Crippen LogP contribution in [0.15, 0.2) is 48.5 Å². The topological polar surface area (TPSA) is 134 Å². The summed E-state index contributed by atoms with van der Waals surface area (Å²) in [6, 6.07) is 0.129. The van der Waals surface area contributed by atoms with E-state index in [0.717, 1.165) is 6.92 Å². The number of ketones is 1. The first-order chi connectivity index (χ1) is 20.9. The minimum atomic E-state index is -5.90. The van der Waals surface area contributed by atoms with Gasteiger partial charge >= 0.3 is 18.5 Å². The summed E-state index contributed by atoms with van der Waals surface area (Å²) in [4.78, 5) is 50.9. The van der Waals surface area contributed by atoms with Crippen molar-refractivity contribution in [3.05, 3.63) is 65.2 Å². The second-order valence-corrected chi connectivity index (χ2v) is 10.3. The Morgan fingerprint density at radius 3 is 1.76 bits per heavy atom. The average molecular weight is 674 g/mol. The number of carbonyl (C=O) groups excluding carboxylic acids is 4. The first-order valence-electron chi connectivity index (χ1n) is 13.1. The van der Waals surface area contributed by atoms with Gasteiger partial charge in [-0.15, -0.1) is 0 Å². The molecule has 4 atom stereocenters. The summed E-state index contributed by atoms with van der Waals surface area (Å²) in [5.74, 6) is -8.30. The van der Waals surface area contributed by atoms with Crippen LogP contribution in [0.1, 0.15) is 43.5 Å². The van der Waals surface area contributed by atoms with Gasteiger partial charge in [-0.2, -0.15) is 39.5 Å². The summed E-state index contributed by atoms with van der Waals surface area (Å²) in [6.45, 7) is 3.18. The molecule has 0 aliphatic heterocycles. The molecule has 46 heavy (non-hydrogen) atoms. The van der Waals surface area contributed by atoms with Crippen LogP contribution < -0.4 is 20.7 Å². The maximum Gasteiger partial charge on any atom is 0.452 e. The number of halogens is 9. The molecule has 0 bridgehead atoms. The lowest BCUT2D eigenvalue weighted by molar-refractivity contribution is -0.257. The van der Waals surface area contributed by atoms with Crippen molar-refractivity contribution in [1.82, 2.24) is 16.0 Å². The zero-order valence-electron chi connectivity index (χ0n) is 24.3. The maximum absolute atomic E-state index is 14.0. The smallest absolute Gasteiger partial charge is 0.452 e. The quantitative estimate of drug-likeness (QED) is 0.266. The van der Waals surface area contributed by atoms with Gasteiger partial charge in [0.15, 0.2) is 0 Å². The molecule has 9 nitrogen and oxygen atoms in total. The summed E-state index contributed by atoms with van der Waals surface area (Å²) in [5.41, 5.74) is -7.84. The van der Waals surface area contributed by atoms with E-state index in [1.54, 1.807) is 0 Å². The van der Waals surface area contributed by atoms with Gasteiger partial charge in [0.25, 0.3) is 17.3 Å². The fraction of sp³-hybridized carbons (Fsp3) is 0.429. The van der Waals surface area contributed by atoms with Gasteiger partial charge in [0.2, 0.25) is 11.8 Å². The highest BCUT2D eigenvalue weighted by molar-refractivity contribution is 5.97. The number of nitrogens with one attached hydrogen (secondary N) is 3. The van der Waals surface area contributed by atoms with E-state index in [1.807, 2.05) is 10.6 Å². The van der Waals surface area contributed by atoms with Crippen LogP contribution in [0.25, 0.3) is 0 Å². The van der Waals surface area contributed by atoms with Crippen molar-refractivity contribution in [1.29, 1.82) is 0 Å². The molecule has 0 saturated heterocycles.